The molecule has 1 saturated heterocycles. The lowest BCUT2D eigenvalue weighted by Gasteiger charge is -2.46. The first kappa shape index (κ1) is 33.3. The number of para-hydroxylation sites is 1. The van der Waals surface area contributed by atoms with E-state index in [-0.39, 0.29) is 24.1 Å². The summed E-state index contributed by atoms with van der Waals surface area (Å²) in [4.78, 5) is 55.5. The van der Waals surface area contributed by atoms with Gasteiger partial charge in [-0.1, -0.05) is 87.5 Å². The molecule has 2 fully saturated rings. The molecule has 0 radical (unpaired) electrons. The molecule has 0 aromatic heterocycles. The highest BCUT2D eigenvalue weighted by molar-refractivity contribution is 6.73. The van der Waals surface area contributed by atoms with Crippen molar-refractivity contribution in [1.82, 2.24) is 4.90 Å². The van der Waals surface area contributed by atoms with Gasteiger partial charge in [0.05, 0.1) is 18.2 Å². The Morgan fingerprint density at radius 1 is 1.04 bits per heavy atom. The van der Waals surface area contributed by atoms with Crippen molar-refractivity contribution in [2.45, 2.75) is 57.0 Å². The molecule has 2 aromatic rings. The molecule has 244 valence electrons. The number of likely N-dealkylation sites (tertiary alicyclic amines) is 1. The van der Waals surface area contributed by atoms with Crippen molar-refractivity contribution >= 4 is 38.9 Å². The lowest BCUT2D eigenvalue weighted by molar-refractivity contribution is -0.114. The van der Waals surface area contributed by atoms with Crippen LogP contribution >= 0.6 is 0 Å². The largest absolute Gasteiger partial charge is 0.453 e. The Labute approximate surface area is 272 Å². The zero-order chi connectivity index (χ0) is 33.1. The Bertz CT molecular complexity index is 1490. The molecular formula is C36H44N2O7Si. The molecule has 0 spiro atoms. The maximum atomic E-state index is 13.6. The molecule has 10 heteroatoms. The number of rotatable bonds is 13. The van der Waals surface area contributed by atoms with Gasteiger partial charge in [-0.05, 0) is 41.2 Å². The molecule has 1 heterocycles. The van der Waals surface area contributed by atoms with Gasteiger partial charge in [-0.25, -0.2) is 14.5 Å². The van der Waals surface area contributed by atoms with Crippen molar-refractivity contribution in [3.8, 4) is 0 Å². The molecule has 4 bridgehead atoms. The number of carbonyl (C=O) groups excluding carboxylic acids is 4. The summed E-state index contributed by atoms with van der Waals surface area (Å²) in [6, 6.07) is 18.6. The summed E-state index contributed by atoms with van der Waals surface area (Å²) in [7, 11) is -0.621. The molecule has 2 aliphatic carbocycles. The monoisotopic (exact) mass is 644 g/mol. The maximum Gasteiger partial charge on any atom is 0.421 e. The molecule has 3 aliphatic rings. The highest BCUT2D eigenvalue weighted by Crippen LogP contribution is 2.68. The Hall–Kier alpha value is -4.02. The molecule has 1 unspecified atom stereocenters. The third-order valence-electron chi connectivity index (χ3n) is 11.0. The summed E-state index contributed by atoms with van der Waals surface area (Å²) in [6.45, 7) is 11.6. The van der Waals surface area contributed by atoms with Crippen LogP contribution in [0.5, 0.6) is 0 Å². The summed E-state index contributed by atoms with van der Waals surface area (Å²) in [5, 5.41) is 0. The van der Waals surface area contributed by atoms with E-state index in [2.05, 4.69) is 33.4 Å². The van der Waals surface area contributed by atoms with Crippen LogP contribution in [0.15, 0.2) is 79.4 Å². The summed E-state index contributed by atoms with van der Waals surface area (Å²) in [6.07, 6.45) is 5.82. The van der Waals surface area contributed by atoms with Crippen LogP contribution in [0.25, 0.3) is 0 Å². The summed E-state index contributed by atoms with van der Waals surface area (Å²) in [5.74, 6) is -0.597. The number of hydrogen-bond donors (Lipinski definition) is 0. The van der Waals surface area contributed by atoms with Gasteiger partial charge < -0.3 is 23.6 Å². The van der Waals surface area contributed by atoms with Gasteiger partial charge in [0.15, 0.2) is 8.32 Å². The van der Waals surface area contributed by atoms with Crippen LogP contribution in [0.4, 0.5) is 15.3 Å². The number of aldehydes is 1. The predicted molar refractivity (Wildman–Crippen MR) is 178 cm³/mol. The summed E-state index contributed by atoms with van der Waals surface area (Å²) < 4.78 is 17.6. The SMILES string of the molecule is C=CC12CN(C(=O)OC)[C@@H]3[C@@H](CO[Si](CC)(CC)CC)[C@H]1C=C[C@@](C=O)(c1ccccc1N(C=O)C(=O)OCc1ccccc1)[C@@H]32. The number of amides is 3. The fourth-order valence-corrected chi connectivity index (χ4v) is 11.1. The van der Waals surface area contributed by atoms with E-state index in [4.69, 9.17) is 13.9 Å². The Kier molecular flexibility index (Phi) is 9.69. The van der Waals surface area contributed by atoms with Crippen molar-refractivity contribution in [1.29, 1.82) is 0 Å². The van der Waals surface area contributed by atoms with Gasteiger partial charge in [0.1, 0.15) is 12.9 Å². The molecule has 3 amide bonds. The smallest absolute Gasteiger partial charge is 0.421 e. The van der Waals surface area contributed by atoms with Gasteiger partial charge in [-0.3, -0.25) is 4.79 Å². The van der Waals surface area contributed by atoms with Crippen LogP contribution in [0.2, 0.25) is 18.1 Å². The molecular weight excluding hydrogens is 600 g/mol. The second-order valence-electron chi connectivity index (χ2n) is 12.6. The first-order chi connectivity index (χ1) is 22.2. The molecule has 5 rings (SSSR count). The fraction of sp³-hybridized carbons (Fsp3) is 0.444. The number of anilines is 1. The minimum atomic E-state index is -1.98. The van der Waals surface area contributed by atoms with E-state index in [1.165, 1.54) is 7.11 Å². The number of allylic oxidation sites excluding steroid dienone is 2. The second kappa shape index (κ2) is 13.4. The number of nitrogens with zero attached hydrogens (tertiary/aromatic N) is 2. The average Bonchev–Trinajstić information content (AvgIpc) is 3.54. The van der Waals surface area contributed by atoms with E-state index in [1.807, 2.05) is 42.5 Å². The van der Waals surface area contributed by atoms with Crippen LogP contribution < -0.4 is 4.90 Å². The first-order valence-electron chi connectivity index (χ1n) is 16.1. The molecule has 0 N–H and O–H groups in total. The Morgan fingerprint density at radius 3 is 2.33 bits per heavy atom. The van der Waals surface area contributed by atoms with E-state index in [0.29, 0.717) is 25.1 Å². The van der Waals surface area contributed by atoms with Gasteiger partial charge in [-0.2, -0.15) is 0 Å². The van der Waals surface area contributed by atoms with Gasteiger partial charge >= 0.3 is 12.2 Å². The van der Waals surface area contributed by atoms with Gasteiger partial charge in [0, 0.05) is 36.4 Å². The highest BCUT2D eigenvalue weighted by atomic mass is 28.4. The topological polar surface area (TPSA) is 102 Å². The standard InChI is InChI=1S/C36H44N2O7Si/c1-6-35-23-37(33(41)43-5)31-27(22-45-46(7-2,8-3)9-4)28(35)19-20-36(24-39,32(31)35)29-17-13-14-18-30(29)38(25-40)34(42)44-21-26-15-11-10-12-16-26/h6,10-20,24-25,27-28,31-32H,1,7-9,21-23H2,2-5H3/t27-,28+,31+,32-,35?,36+/m0/s1. The number of carbonyl (C=O) groups is 4. The van der Waals surface area contributed by atoms with Crippen LogP contribution in [0.3, 0.4) is 0 Å². The van der Waals surface area contributed by atoms with Crippen LogP contribution in [-0.4, -0.2) is 64.4 Å². The van der Waals surface area contributed by atoms with Gasteiger partial charge in [0.2, 0.25) is 6.41 Å². The van der Waals surface area contributed by atoms with Crippen molar-refractivity contribution in [3.05, 3.63) is 90.5 Å². The highest BCUT2D eigenvalue weighted by Gasteiger charge is 2.73. The number of methoxy groups -OCH3 is 1. The third kappa shape index (κ3) is 5.21. The zero-order valence-corrected chi connectivity index (χ0v) is 28.1. The minimum absolute atomic E-state index is 0.0231. The van der Waals surface area contributed by atoms with E-state index in [9.17, 15) is 19.2 Å². The normalized spacial score (nSPS) is 27.6. The van der Waals surface area contributed by atoms with Crippen LogP contribution in [-0.2, 0) is 35.5 Å². The van der Waals surface area contributed by atoms with Crippen LogP contribution in [0, 0.1) is 23.2 Å². The third-order valence-corrected chi connectivity index (χ3v) is 15.6. The number of ether oxygens (including phenoxy) is 2. The second-order valence-corrected chi connectivity index (χ2v) is 17.3. The summed E-state index contributed by atoms with van der Waals surface area (Å²) in [5.41, 5.74) is -0.502. The van der Waals surface area contributed by atoms with Crippen molar-refractivity contribution in [2.24, 2.45) is 23.2 Å². The van der Waals surface area contributed by atoms with Gasteiger partial charge in [-0.15, -0.1) is 6.58 Å². The molecule has 9 nitrogen and oxygen atoms in total. The number of imide groups is 1. The van der Waals surface area contributed by atoms with Crippen molar-refractivity contribution in [2.75, 3.05) is 25.2 Å². The number of piperidine rings is 1. The van der Waals surface area contributed by atoms with E-state index in [1.54, 1.807) is 29.2 Å². The predicted octanol–water partition coefficient (Wildman–Crippen LogP) is 6.50. The number of hydrogen-bond acceptors (Lipinski definition) is 7. The molecule has 1 saturated carbocycles. The zero-order valence-electron chi connectivity index (χ0n) is 27.1. The van der Waals surface area contributed by atoms with Crippen molar-refractivity contribution in [3.63, 3.8) is 0 Å². The lowest BCUT2D eigenvalue weighted by atomic mass is 9.56. The molecule has 2 aromatic carbocycles. The first-order valence-corrected chi connectivity index (χ1v) is 18.6. The van der Waals surface area contributed by atoms with Crippen LogP contribution in [0.1, 0.15) is 31.9 Å². The molecule has 6 atom stereocenters. The Morgan fingerprint density at radius 2 is 1.72 bits per heavy atom. The van der Waals surface area contributed by atoms with E-state index in [0.717, 1.165) is 34.9 Å². The van der Waals surface area contributed by atoms with E-state index < -0.39 is 43.3 Å². The fourth-order valence-electron chi connectivity index (χ4n) is 8.45. The number of benzene rings is 2. The summed E-state index contributed by atoms with van der Waals surface area (Å²) >= 11 is 0. The quantitative estimate of drug-likeness (QED) is 0.139. The Balaban J connectivity index is 1.58. The maximum absolute atomic E-state index is 13.6. The van der Waals surface area contributed by atoms with Crippen molar-refractivity contribution < 1.29 is 33.1 Å². The molecule has 1 aliphatic heterocycles. The lowest BCUT2D eigenvalue weighted by Crippen LogP contribution is -2.50. The molecule has 46 heavy (non-hydrogen) atoms. The minimum Gasteiger partial charge on any atom is -0.453 e. The average molecular weight is 645 g/mol. The van der Waals surface area contributed by atoms with E-state index >= 15 is 0 Å². The van der Waals surface area contributed by atoms with Gasteiger partial charge in [0.25, 0.3) is 0 Å².